The van der Waals surface area contributed by atoms with E-state index >= 15 is 0 Å². The Morgan fingerprint density at radius 3 is 2.76 bits per heavy atom. The summed E-state index contributed by atoms with van der Waals surface area (Å²) in [5.74, 6) is 1.01. The molecule has 0 aliphatic rings. The van der Waals surface area contributed by atoms with Gasteiger partial charge in [0.05, 0.1) is 10.9 Å². The summed E-state index contributed by atoms with van der Waals surface area (Å²) in [5, 5.41) is 3.95. The van der Waals surface area contributed by atoms with Crippen LogP contribution in [0.25, 0.3) is 11.4 Å². The van der Waals surface area contributed by atoms with Crippen molar-refractivity contribution in [2.75, 3.05) is 6.54 Å². The minimum Gasteiger partial charge on any atom is -0.339 e. The number of halogens is 1. The molecule has 0 fully saturated rings. The Balaban J connectivity index is 1.57. The fraction of sp³-hybridized carbons (Fsp3) is 0.294. The van der Waals surface area contributed by atoms with Crippen molar-refractivity contribution in [3.8, 4) is 11.4 Å². The third kappa shape index (κ3) is 4.64. The van der Waals surface area contributed by atoms with E-state index < -0.39 is 0 Å². The van der Waals surface area contributed by atoms with Gasteiger partial charge in [-0.25, -0.2) is 0 Å². The third-order valence-electron chi connectivity index (χ3n) is 3.67. The van der Waals surface area contributed by atoms with Gasteiger partial charge in [0, 0.05) is 42.2 Å². The Morgan fingerprint density at radius 1 is 1.28 bits per heavy atom. The lowest BCUT2D eigenvalue weighted by Crippen LogP contribution is -2.30. The predicted octanol–water partition coefficient (Wildman–Crippen LogP) is 3.83. The van der Waals surface area contributed by atoms with Crippen molar-refractivity contribution in [1.82, 2.24) is 20.0 Å². The molecular weight excluding hydrogens is 360 g/mol. The van der Waals surface area contributed by atoms with Gasteiger partial charge in [-0.3, -0.25) is 9.78 Å². The Kier molecular flexibility index (Phi) is 5.78. The summed E-state index contributed by atoms with van der Waals surface area (Å²) < 4.78 is 5.97. The molecule has 0 radical (unpaired) electrons. The monoisotopic (exact) mass is 376 g/mol. The lowest BCUT2D eigenvalue weighted by molar-refractivity contribution is -0.131. The number of aryl methyl sites for hydroxylation is 1. The first-order chi connectivity index (χ1) is 12.2. The van der Waals surface area contributed by atoms with Gasteiger partial charge in [0.2, 0.25) is 17.6 Å². The highest BCUT2D eigenvalue weighted by Gasteiger charge is 2.16. The molecule has 3 aromatic heterocycles. The minimum absolute atomic E-state index is 0.0516. The third-order valence-corrected chi connectivity index (χ3v) is 4.89. The summed E-state index contributed by atoms with van der Waals surface area (Å²) in [6.45, 7) is 3.17. The smallest absolute Gasteiger partial charge is 0.227 e. The molecule has 0 aliphatic heterocycles. The van der Waals surface area contributed by atoms with Gasteiger partial charge in [0.25, 0.3) is 0 Å². The van der Waals surface area contributed by atoms with Crippen LogP contribution in [-0.2, 0) is 17.8 Å². The van der Waals surface area contributed by atoms with E-state index in [0.29, 0.717) is 37.6 Å². The van der Waals surface area contributed by atoms with Gasteiger partial charge < -0.3 is 9.42 Å². The van der Waals surface area contributed by atoms with E-state index in [1.165, 1.54) is 11.3 Å². The molecule has 3 aromatic rings. The van der Waals surface area contributed by atoms with E-state index in [1.54, 1.807) is 17.3 Å². The largest absolute Gasteiger partial charge is 0.339 e. The lowest BCUT2D eigenvalue weighted by atomic mass is 10.2. The normalized spacial score (nSPS) is 10.8. The Morgan fingerprint density at radius 2 is 2.08 bits per heavy atom. The highest BCUT2D eigenvalue weighted by molar-refractivity contribution is 7.16. The molecule has 0 bridgehead atoms. The molecule has 0 saturated carbocycles. The minimum atomic E-state index is 0.0516. The van der Waals surface area contributed by atoms with Gasteiger partial charge in [-0.15, -0.1) is 11.3 Å². The summed E-state index contributed by atoms with van der Waals surface area (Å²) in [4.78, 5) is 23.6. The molecule has 0 unspecified atom stereocenters. The maximum atomic E-state index is 12.4. The Labute approximate surface area is 154 Å². The number of nitrogens with zero attached hydrogens (tertiary/aromatic N) is 4. The fourth-order valence-corrected chi connectivity index (χ4v) is 3.45. The quantitative estimate of drug-likeness (QED) is 0.626. The van der Waals surface area contributed by atoms with Crippen molar-refractivity contribution in [2.45, 2.75) is 26.3 Å². The molecule has 6 nitrogen and oxygen atoms in total. The number of pyridine rings is 1. The topological polar surface area (TPSA) is 72.1 Å². The maximum absolute atomic E-state index is 12.4. The van der Waals surface area contributed by atoms with E-state index in [9.17, 15) is 4.79 Å². The predicted molar refractivity (Wildman–Crippen MR) is 96.3 cm³/mol. The molecule has 0 aliphatic carbocycles. The number of thiophene rings is 1. The maximum Gasteiger partial charge on any atom is 0.227 e. The number of hydrogen-bond acceptors (Lipinski definition) is 6. The zero-order valence-electron chi connectivity index (χ0n) is 13.7. The highest BCUT2D eigenvalue weighted by Crippen LogP contribution is 2.23. The first kappa shape index (κ1) is 17.6. The number of aromatic nitrogens is 3. The molecule has 0 aromatic carbocycles. The summed E-state index contributed by atoms with van der Waals surface area (Å²) in [7, 11) is 0. The highest BCUT2D eigenvalue weighted by atomic mass is 35.5. The number of carbonyl (C=O) groups excluding carboxylic acids is 1. The van der Waals surface area contributed by atoms with Crippen LogP contribution >= 0.6 is 22.9 Å². The van der Waals surface area contributed by atoms with Gasteiger partial charge in [-0.2, -0.15) is 4.98 Å². The lowest BCUT2D eigenvalue weighted by Gasteiger charge is -2.19. The summed E-state index contributed by atoms with van der Waals surface area (Å²) in [6.07, 6.45) is 4.08. The molecule has 25 heavy (non-hydrogen) atoms. The van der Waals surface area contributed by atoms with Gasteiger partial charge >= 0.3 is 0 Å². The van der Waals surface area contributed by atoms with Crippen molar-refractivity contribution < 1.29 is 9.32 Å². The van der Waals surface area contributed by atoms with Crippen LogP contribution in [-0.4, -0.2) is 32.5 Å². The Bertz CT molecular complexity index is 834. The number of amides is 1. The first-order valence-electron chi connectivity index (χ1n) is 7.90. The second kappa shape index (κ2) is 8.22. The van der Waals surface area contributed by atoms with Gasteiger partial charge in [0.1, 0.15) is 0 Å². The van der Waals surface area contributed by atoms with Crippen molar-refractivity contribution in [1.29, 1.82) is 0 Å². The van der Waals surface area contributed by atoms with E-state index in [4.69, 9.17) is 16.1 Å². The molecule has 0 saturated heterocycles. The number of carbonyl (C=O) groups is 1. The molecule has 0 N–H and O–H groups in total. The number of rotatable bonds is 7. The van der Waals surface area contributed by atoms with Crippen LogP contribution in [0.2, 0.25) is 4.34 Å². The molecule has 0 atom stereocenters. The van der Waals surface area contributed by atoms with Gasteiger partial charge in [-0.05, 0) is 31.2 Å². The zero-order valence-corrected chi connectivity index (χ0v) is 15.3. The van der Waals surface area contributed by atoms with Crippen LogP contribution in [0.5, 0.6) is 0 Å². The summed E-state index contributed by atoms with van der Waals surface area (Å²) >= 11 is 7.43. The van der Waals surface area contributed by atoms with Crippen molar-refractivity contribution >= 4 is 28.8 Å². The van der Waals surface area contributed by atoms with Gasteiger partial charge in [-0.1, -0.05) is 16.8 Å². The summed E-state index contributed by atoms with van der Waals surface area (Å²) in [6, 6.07) is 7.41. The van der Waals surface area contributed by atoms with Crippen LogP contribution in [0.4, 0.5) is 0 Å². The van der Waals surface area contributed by atoms with Crippen molar-refractivity contribution in [3.05, 3.63) is 51.8 Å². The second-order valence-electron chi connectivity index (χ2n) is 5.36. The van der Waals surface area contributed by atoms with Gasteiger partial charge in [0.15, 0.2) is 0 Å². The molecule has 8 heteroatoms. The first-order valence-corrected chi connectivity index (χ1v) is 9.10. The van der Waals surface area contributed by atoms with E-state index in [-0.39, 0.29) is 5.91 Å². The zero-order chi connectivity index (χ0) is 17.6. The molecule has 3 rings (SSSR count). The van der Waals surface area contributed by atoms with Crippen LogP contribution in [0.15, 0.2) is 41.2 Å². The van der Waals surface area contributed by atoms with Crippen molar-refractivity contribution in [2.24, 2.45) is 0 Å². The van der Waals surface area contributed by atoms with E-state index in [2.05, 4.69) is 15.1 Å². The average Bonchev–Trinajstić information content (AvgIpc) is 3.27. The fourth-order valence-electron chi connectivity index (χ4n) is 2.35. The van der Waals surface area contributed by atoms with Crippen LogP contribution in [0.3, 0.4) is 0 Å². The van der Waals surface area contributed by atoms with Crippen molar-refractivity contribution in [3.63, 3.8) is 0 Å². The summed E-state index contributed by atoms with van der Waals surface area (Å²) in [5.41, 5.74) is 0.834. The SMILES string of the molecule is CCN(Cc1ccc(Cl)s1)C(=O)CCc1nc(-c2ccncc2)no1. The molecule has 1 amide bonds. The van der Waals surface area contributed by atoms with Crippen LogP contribution in [0.1, 0.15) is 24.1 Å². The standard InChI is InChI=1S/C17H17ClN4O2S/c1-2-22(11-13-3-4-14(18)25-13)16(23)6-5-15-20-17(21-24-15)12-7-9-19-10-8-12/h3-4,7-10H,2,5-6,11H2,1H3. The van der Waals surface area contributed by atoms with E-state index in [1.807, 2.05) is 31.2 Å². The van der Waals surface area contributed by atoms with Crippen LogP contribution < -0.4 is 0 Å². The van der Waals surface area contributed by atoms with E-state index in [0.717, 1.165) is 14.8 Å². The molecular formula is C17H17ClN4O2S. The average molecular weight is 377 g/mol. The van der Waals surface area contributed by atoms with Crippen LogP contribution in [0, 0.1) is 0 Å². The molecule has 130 valence electrons. The molecule has 0 spiro atoms. The molecule has 3 heterocycles. The Hall–Kier alpha value is -2.25. The number of hydrogen-bond donors (Lipinski definition) is 0. The second-order valence-corrected chi connectivity index (χ2v) is 7.16.